The van der Waals surface area contributed by atoms with Gasteiger partial charge in [-0.3, -0.25) is 4.79 Å². The first kappa shape index (κ1) is 20.7. The maximum Gasteiger partial charge on any atom is 0.309 e. The molecule has 4 heteroatoms. The third-order valence-corrected chi connectivity index (χ3v) is 6.31. The summed E-state index contributed by atoms with van der Waals surface area (Å²) in [6, 6.07) is 16.5. The van der Waals surface area contributed by atoms with Gasteiger partial charge in [-0.2, -0.15) is 0 Å². The first-order valence-corrected chi connectivity index (χ1v) is 11.0. The molecule has 1 aliphatic rings. The van der Waals surface area contributed by atoms with Crippen LogP contribution in [0.25, 0.3) is 22.3 Å². The Hall–Kier alpha value is -2.52. The average Bonchev–Trinajstić information content (AvgIpc) is 3.15. The number of hydrogen-bond donors (Lipinski definition) is 1. The number of benzene rings is 2. The van der Waals surface area contributed by atoms with Crippen molar-refractivity contribution < 1.29 is 9.90 Å². The maximum atomic E-state index is 11.8. The van der Waals surface area contributed by atoms with E-state index in [4.69, 9.17) is 11.6 Å². The van der Waals surface area contributed by atoms with Gasteiger partial charge in [-0.05, 0) is 47.1 Å². The molecule has 0 radical (unpaired) electrons. The van der Waals surface area contributed by atoms with Crippen molar-refractivity contribution in [2.24, 2.45) is 5.41 Å². The SMILES string of the molecule is CCCc1cc(-c2c(-c3ccccc3)c3n(c2CC(=O)O)CC(C)(C)C3)ccc1Cl. The number of halogens is 1. The van der Waals surface area contributed by atoms with Crippen molar-refractivity contribution in [3.8, 4) is 22.3 Å². The fourth-order valence-corrected chi connectivity index (χ4v) is 4.99. The normalized spacial score (nSPS) is 14.7. The van der Waals surface area contributed by atoms with E-state index in [1.165, 1.54) is 11.3 Å². The molecule has 0 aliphatic carbocycles. The predicted octanol–water partition coefficient (Wildman–Crippen LogP) is 6.64. The molecule has 2 aromatic carbocycles. The summed E-state index contributed by atoms with van der Waals surface area (Å²) >= 11 is 6.46. The number of nitrogens with zero attached hydrogens (tertiary/aromatic N) is 1. The van der Waals surface area contributed by atoms with E-state index in [9.17, 15) is 9.90 Å². The van der Waals surface area contributed by atoms with Gasteiger partial charge in [0.2, 0.25) is 0 Å². The summed E-state index contributed by atoms with van der Waals surface area (Å²) in [5, 5.41) is 10.5. The molecule has 156 valence electrons. The van der Waals surface area contributed by atoms with Crippen LogP contribution in [-0.2, 0) is 30.6 Å². The highest BCUT2D eigenvalue weighted by Gasteiger charge is 2.36. The minimum atomic E-state index is -0.802. The van der Waals surface area contributed by atoms with Crippen LogP contribution in [0.5, 0.6) is 0 Å². The smallest absolute Gasteiger partial charge is 0.309 e. The van der Waals surface area contributed by atoms with E-state index in [1.807, 2.05) is 30.3 Å². The molecule has 30 heavy (non-hydrogen) atoms. The monoisotopic (exact) mass is 421 g/mol. The summed E-state index contributed by atoms with van der Waals surface area (Å²) < 4.78 is 2.26. The second-order valence-corrected chi connectivity index (χ2v) is 9.47. The Balaban J connectivity index is 2.02. The van der Waals surface area contributed by atoms with Gasteiger partial charge in [-0.15, -0.1) is 0 Å². The molecule has 1 aliphatic heterocycles. The van der Waals surface area contributed by atoms with Crippen molar-refractivity contribution in [1.82, 2.24) is 4.57 Å². The quantitative estimate of drug-likeness (QED) is 0.484. The maximum absolute atomic E-state index is 11.8. The number of fused-ring (bicyclic) bond motifs is 1. The Kier molecular flexibility index (Phi) is 5.50. The molecule has 0 fully saturated rings. The van der Waals surface area contributed by atoms with E-state index in [0.717, 1.165) is 58.8 Å². The van der Waals surface area contributed by atoms with E-state index in [1.54, 1.807) is 0 Å². The number of aliphatic carboxylic acids is 1. The van der Waals surface area contributed by atoms with Crippen LogP contribution < -0.4 is 0 Å². The van der Waals surface area contributed by atoms with Crippen LogP contribution in [0.4, 0.5) is 0 Å². The van der Waals surface area contributed by atoms with E-state index in [0.29, 0.717) is 0 Å². The molecule has 0 spiro atoms. The van der Waals surface area contributed by atoms with Crippen LogP contribution in [0.2, 0.25) is 5.02 Å². The summed E-state index contributed by atoms with van der Waals surface area (Å²) in [6.07, 6.45) is 2.86. The van der Waals surface area contributed by atoms with Crippen LogP contribution in [0, 0.1) is 5.41 Å². The minimum Gasteiger partial charge on any atom is -0.481 e. The fraction of sp³-hybridized carbons (Fsp3) is 0.346. The van der Waals surface area contributed by atoms with Gasteiger partial charge in [0.05, 0.1) is 6.42 Å². The second-order valence-electron chi connectivity index (χ2n) is 9.06. The van der Waals surface area contributed by atoms with Gasteiger partial charge >= 0.3 is 5.97 Å². The Labute approximate surface area is 183 Å². The van der Waals surface area contributed by atoms with Crippen LogP contribution in [0.3, 0.4) is 0 Å². The third-order valence-electron chi connectivity index (χ3n) is 5.95. The molecule has 0 bridgehead atoms. The zero-order valence-electron chi connectivity index (χ0n) is 17.8. The zero-order valence-corrected chi connectivity index (χ0v) is 18.6. The highest BCUT2D eigenvalue weighted by atomic mass is 35.5. The highest BCUT2D eigenvalue weighted by molar-refractivity contribution is 6.31. The molecule has 3 aromatic rings. The number of hydrogen-bond acceptors (Lipinski definition) is 1. The van der Waals surface area contributed by atoms with Crippen LogP contribution in [0.1, 0.15) is 44.1 Å². The molecule has 3 nitrogen and oxygen atoms in total. The van der Waals surface area contributed by atoms with Crippen LogP contribution >= 0.6 is 11.6 Å². The summed E-state index contributed by atoms with van der Waals surface area (Å²) in [7, 11) is 0. The molecule has 0 saturated carbocycles. The summed E-state index contributed by atoms with van der Waals surface area (Å²) in [6.45, 7) is 7.48. The number of carboxylic acid groups (broad SMARTS) is 1. The lowest BCUT2D eigenvalue weighted by molar-refractivity contribution is -0.136. The van der Waals surface area contributed by atoms with Crippen LogP contribution in [-0.4, -0.2) is 15.6 Å². The van der Waals surface area contributed by atoms with Crippen molar-refractivity contribution in [1.29, 1.82) is 0 Å². The van der Waals surface area contributed by atoms with Crippen LogP contribution in [0.15, 0.2) is 48.5 Å². The molecule has 2 heterocycles. The van der Waals surface area contributed by atoms with E-state index < -0.39 is 5.97 Å². The lowest BCUT2D eigenvalue weighted by Crippen LogP contribution is -2.15. The van der Waals surface area contributed by atoms with Gasteiger partial charge in [-0.25, -0.2) is 0 Å². The summed E-state index contributed by atoms with van der Waals surface area (Å²) in [5.74, 6) is -0.802. The van der Waals surface area contributed by atoms with E-state index >= 15 is 0 Å². The molecule has 0 amide bonds. The zero-order chi connectivity index (χ0) is 21.5. The summed E-state index contributed by atoms with van der Waals surface area (Å²) in [4.78, 5) is 11.8. The number of aryl methyl sites for hydroxylation is 1. The molecule has 1 aromatic heterocycles. The molecule has 0 atom stereocenters. The van der Waals surface area contributed by atoms with Crippen molar-refractivity contribution in [3.05, 3.63) is 70.5 Å². The highest BCUT2D eigenvalue weighted by Crippen LogP contribution is 2.47. The Bertz CT molecular complexity index is 1100. The van der Waals surface area contributed by atoms with Crippen molar-refractivity contribution >= 4 is 17.6 Å². The lowest BCUT2D eigenvalue weighted by Gasteiger charge is -2.19. The van der Waals surface area contributed by atoms with Gasteiger partial charge in [-0.1, -0.05) is 75.2 Å². The Morgan fingerprint density at radius 1 is 1.10 bits per heavy atom. The second kappa shape index (κ2) is 7.96. The number of aromatic nitrogens is 1. The van der Waals surface area contributed by atoms with Crippen molar-refractivity contribution in [2.45, 2.75) is 53.0 Å². The standard InChI is InChI=1S/C26H28ClNO2/c1-4-8-18-13-19(11-12-20(18)27)25-21(14-23(29)30)28-16-26(2,3)15-22(28)24(25)17-9-6-5-7-10-17/h5-7,9-13H,4,8,14-16H2,1-3H3,(H,29,30). The molecular weight excluding hydrogens is 394 g/mol. The van der Waals surface area contributed by atoms with E-state index in [-0.39, 0.29) is 11.8 Å². The fourth-order valence-electron chi connectivity index (χ4n) is 4.78. The molecule has 0 unspecified atom stereocenters. The van der Waals surface area contributed by atoms with Gasteiger partial charge in [0.1, 0.15) is 0 Å². The lowest BCUT2D eigenvalue weighted by atomic mass is 9.86. The number of rotatable bonds is 6. The largest absolute Gasteiger partial charge is 0.481 e. The third kappa shape index (κ3) is 3.79. The Morgan fingerprint density at radius 2 is 1.83 bits per heavy atom. The topological polar surface area (TPSA) is 42.2 Å². The summed E-state index contributed by atoms with van der Waals surface area (Å²) in [5.41, 5.74) is 7.76. The molecule has 0 saturated heterocycles. The van der Waals surface area contributed by atoms with Crippen molar-refractivity contribution in [2.75, 3.05) is 0 Å². The molecule has 4 rings (SSSR count). The predicted molar refractivity (Wildman–Crippen MR) is 123 cm³/mol. The van der Waals surface area contributed by atoms with Gasteiger partial charge < -0.3 is 9.67 Å². The average molecular weight is 422 g/mol. The minimum absolute atomic E-state index is 0.0109. The Morgan fingerprint density at radius 3 is 2.50 bits per heavy atom. The van der Waals surface area contributed by atoms with Gasteiger partial charge in [0, 0.05) is 34.1 Å². The van der Waals surface area contributed by atoms with E-state index in [2.05, 4.69) is 43.5 Å². The molecular formula is C26H28ClNO2. The van der Waals surface area contributed by atoms with Crippen molar-refractivity contribution in [3.63, 3.8) is 0 Å². The first-order chi connectivity index (χ1) is 14.3. The first-order valence-electron chi connectivity index (χ1n) is 10.6. The van der Waals surface area contributed by atoms with Gasteiger partial charge in [0.15, 0.2) is 0 Å². The molecule has 1 N–H and O–H groups in total. The number of carboxylic acids is 1. The van der Waals surface area contributed by atoms with Gasteiger partial charge in [0.25, 0.3) is 0 Å². The number of carbonyl (C=O) groups is 1.